The molecular formula is C19H32O7. The fourth-order valence-corrected chi connectivity index (χ4v) is 3.28. The molecule has 1 aromatic carbocycles. The molecular weight excluding hydrogens is 340 g/mol. The van der Waals surface area contributed by atoms with Gasteiger partial charge in [0.15, 0.2) is 23.0 Å². The summed E-state index contributed by atoms with van der Waals surface area (Å²) in [5.41, 5.74) is 1.47. The first kappa shape index (κ1) is 22.3. The molecule has 150 valence electrons. The first-order valence-corrected chi connectivity index (χ1v) is 8.61. The Morgan fingerprint density at radius 1 is 0.808 bits per heavy atom. The van der Waals surface area contributed by atoms with Crippen molar-refractivity contribution in [2.24, 2.45) is 11.8 Å². The molecule has 0 heterocycles. The number of hydrogen-bond acceptors (Lipinski definition) is 7. The lowest BCUT2D eigenvalue weighted by Gasteiger charge is -2.29. The van der Waals surface area contributed by atoms with Crippen LogP contribution in [0.2, 0.25) is 0 Å². The lowest BCUT2D eigenvalue weighted by molar-refractivity contribution is -0.0285. The quantitative estimate of drug-likeness (QED) is 0.573. The molecule has 0 saturated carbocycles. The molecule has 0 aliphatic heterocycles. The van der Waals surface area contributed by atoms with Crippen LogP contribution in [-0.4, -0.2) is 62.6 Å². The topological polar surface area (TPSA) is 97.6 Å². The third kappa shape index (κ3) is 4.34. The molecule has 0 spiro atoms. The Bertz CT molecular complexity index is 555. The van der Waals surface area contributed by atoms with Gasteiger partial charge in [0.1, 0.15) is 0 Å². The Kier molecular flexibility index (Phi) is 8.46. The number of rotatable bonds is 10. The van der Waals surface area contributed by atoms with Gasteiger partial charge in [0.2, 0.25) is 0 Å². The molecule has 3 N–H and O–H groups in total. The fourth-order valence-electron chi connectivity index (χ4n) is 3.28. The molecule has 1 aromatic rings. The molecule has 0 aliphatic carbocycles. The highest BCUT2D eigenvalue weighted by atomic mass is 16.5. The van der Waals surface area contributed by atoms with Gasteiger partial charge in [-0.2, -0.15) is 0 Å². The molecule has 1 rings (SSSR count). The second-order valence-corrected chi connectivity index (χ2v) is 6.52. The van der Waals surface area contributed by atoms with Crippen molar-refractivity contribution in [2.75, 3.05) is 35.0 Å². The molecule has 0 aromatic heterocycles. The molecule has 0 amide bonds. The first-order chi connectivity index (χ1) is 12.3. The number of benzene rings is 1. The van der Waals surface area contributed by atoms with Crippen molar-refractivity contribution in [3.63, 3.8) is 0 Å². The van der Waals surface area contributed by atoms with E-state index in [0.717, 1.165) is 5.56 Å². The summed E-state index contributed by atoms with van der Waals surface area (Å²) in [6, 6.07) is 0. The van der Waals surface area contributed by atoms with Crippen molar-refractivity contribution in [2.45, 2.75) is 39.4 Å². The van der Waals surface area contributed by atoms with E-state index < -0.39 is 24.7 Å². The summed E-state index contributed by atoms with van der Waals surface area (Å²) < 4.78 is 22.1. The monoisotopic (exact) mass is 372 g/mol. The van der Waals surface area contributed by atoms with Crippen molar-refractivity contribution in [3.8, 4) is 23.0 Å². The smallest absolute Gasteiger partial charge is 0.168 e. The van der Waals surface area contributed by atoms with Crippen LogP contribution < -0.4 is 18.9 Å². The third-order valence-corrected chi connectivity index (χ3v) is 4.90. The maximum atomic E-state index is 10.6. The average molecular weight is 372 g/mol. The van der Waals surface area contributed by atoms with E-state index in [0.29, 0.717) is 35.0 Å². The third-order valence-electron chi connectivity index (χ3n) is 4.90. The van der Waals surface area contributed by atoms with Crippen LogP contribution in [0, 0.1) is 18.8 Å². The molecule has 0 bridgehead atoms. The number of aliphatic hydroxyl groups excluding tert-OH is 3. The summed E-state index contributed by atoms with van der Waals surface area (Å²) in [5.74, 6) is 1.41. The minimum Gasteiger partial charge on any atom is -0.492 e. The normalized spacial score (nSPS) is 15.8. The van der Waals surface area contributed by atoms with E-state index in [4.69, 9.17) is 24.1 Å². The highest BCUT2D eigenvalue weighted by Crippen LogP contribution is 2.49. The predicted molar refractivity (Wildman–Crippen MR) is 98.5 cm³/mol. The standard InChI is InChI=1S/C19H32O7/c1-10(15(22)11(2)14(21)9-20)8-13-18(25-6)16(23-4)12(3)17(24-5)19(13)26-7/h10-11,14-15,20-22H,8-9H2,1-7H3/t10-,11-,14+,15+/m0/s1. The molecule has 26 heavy (non-hydrogen) atoms. The molecule has 0 aliphatic rings. The highest BCUT2D eigenvalue weighted by molar-refractivity contribution is 5.66. The molecule has 0 saturated heterocycles. The maximum Gasteiger partial charge on any atom is 0.168 e. The number of hydrogen-bond donors (Lipinski definition) is 3. The summed E-state index contributed by atoms with van der Waals surface area (Å²) in [4.78, 5) is 0. The largest absolute Gasteiger partial charge is 0.492 e. The van der Waals surface area contributed by atoms with Crippen LogP contribution in [0.3, 0.4) is 0 Å². The van der Waals surface area contributed by atoms with E-state index in [1.807, 2.05) is 13.8 Å². The Labute approximate surface area is 155 Å². The van der Waals surface area contributed by atoms with Crippen LogP contribution in [0.5, 0.6) is 23.0 Å². The van der Waals surface area contributed by atoms with Crippen LogP contribution in [0.15, 0.2) is 0 Å². The van der Waals surface area contributed by atoms with E-state index in [1.54, 1.807) is 35.4 Å². The van der Waals surface area contributed by atoms with Crippen molar-refractivity contribution in [1.82, 2.24) is 0 Å². The van der Waals surface area contributed by atoms with Crippen LogP contribution in [0.1, 0.15) is 25.0 Å². The van der Waals surface area contributed by atoms with Gasteiger partial charge < -0.3 is 34.3 Å². The number of methoxy groups -OCH3 is 4. The van der Waals surface area contributed by atoms with Gasteiger partial charge in [-0.1, -0.05) is 13.8 Å². The number of aliphatic hydroxyl groups is 3. The van der Waals surface area contributed by atoms with Gasteiger partial charge in [-0.3, -0.25) is 0 Å². The van der Waals surface area contributed by atoms with Crippen LogP contribution in [0.25, 0.3) is 0 Å². The highest BCUT2D eigenvalue weighted by Gasteiger charge is 2.31. The Morgan fingerprint density at radius 2 is 1.23 bits per heavy atom. The van der Waals surface area contributed by atoms with Crippen LogP contribution >= 0.6 is 0 Å². The average Bonchev–Trinajstić information content (AvgIpc) is 2.65. The number of ether oxygens (including phenoxy) is 4. The van der Waals surface area contributed by atoms with Gasteiger partial charge in [0, 0.05) is 17.0 Å². The zero-order chi connectivity index (χ0) is 20.0. The fraction of sp³-hybridized carbons (Fsp3) is 0.684. The van der Waals surface area contributed by atoms with Crippen molar-refractivity contribution < 1.29 is 34.3 Å². The predicted octanol–water partition coefficient (Wildman–Crippen LogP) is 1.56. The van der Waals surface area contributed by atoms with Crippen LogP contribution in [-0.2, 0) is 6.42 Å². The van der Waals surface area contributed by atoms with Gasteiger partial charge in [0.25, 0.3) is 0 Å². The minimum absolute atomic E-state index is 0.244. The van der Waals surface area contributed by atoms with Crippen molar-refractivity contribution >= 4 is 0 Å². The molecule has 4 atom stereocenters. The minimum atomic E-state index is -0.988. The van der Waals surface area contributed by atoms with E-state index >= 15 is 0 Å². The zero-order valence-corrected chi connectivity index (χ0v) is 16.7. The van der Waals surface area contributed by atoms with Crippen molar-refractivity contribution in [3.05, 3.63) is 11.1 Å². The van der Waals surface area contributed by atoms with Gasteiger partial charge in [0.05, 0.1) is 47.3 Å². The summed E-state index contributed by atoms with van der Waals surface area (Å²) >= 11 is 0. The van der Waals surface area contributed by atoms with Gasteiger partial charge in [-0.15, -0.1) is 0 Å². The molecule has 7 heteroatoms. The van der Waals surface area contributed by atoms with E-state index in [9.17, 15) is 10.2 Å². The van der Waals surface area contributed by atoms with Gasteiger partial charge in [-0.05, 0) is 19.3 Å². The second-order valence-electron chi connectivity index (χ2n) is 6.52. The lowest BCUT2D eigenvalue weighted by Crippen LogP contribution is -2.36. The molecule has 0 fully saturated rings. The molecule has 0 unspecified atom stereocenters. The Balaban J connectivity index is 3.38. The summed E-state index contributed by atoms with van der Waals surface area (Å²) in [7, 11) is 6.20. The van der Waals surface area contributed by atoms with E-state index in [2.05, 4.69) is 0 Å². The first-order valence-electron chi connectivity index (χ1n) is 8.61. The lowest BCUT2D eigenvalue weighted by atomic mass is 9.85. The summed E-state index contributed by atoms with van der Waals surface area (Å²) in [6.07, 6.45) is -1.41. The molecule has 7 nitrogen and oxygen atoms in total. The van der Waals surface area contributed by atoms with Crippen molar-refractivity contribution in [1.29, 1.82) is 0 Å². The maximum absolute atomic E-state index is 10.6. The van der Waals surface area contributed by atoms with Crippen LogP contribution in [0.4, 0.5) is 0 Å². The second kappa shape index (κ2) is 9.85. The zero-order valence-electron chi connectivity index (χ0n) is 16.7. The summed E-state index contributed by atoms with van der Waals surface area (Å²) in [6.45, 7) is 5.02. The SMILES string of the molecule is COc1c(C)c(OC)c(OC)c(C[C@H](C)[C@@H](O)[C@@H](C)[C@H](O)CO)c1OC. The Hall–Kier alpha value is -1.70. The molecule has 0 radical (unpaired) electrons. The van der Waals surface area contributed by atoms with Gasteiger partial charge >= 0.3 is 0 Å². The van der Waals surface area contributed by atoms with E-state index in [1.165, 1.54) is 0 Å². The van der Waals surface area contributed by atoms with Gasteiger partial charge in [-0.25, -0.2) is 0 Å². The Morgan fingerprint density at radius 3 is 1.58 bits per heavy atom. The summed E-state index contributed by atoms with van der Waals surface area (Å²) in [5, 5.41) is 29.5. The van der Waals surface area contributed by atoms with E-state index in [-0.39, 0.29) is 5.92 Å².